The van der Waals surface area contributed by atoms with Crippen molar-refractivity contribution in [3.8, 4) is 0 Å². The summed E-state index contributed by atoms with van der Waals surface area (Å²) in [5, 5.41) is 0. The van der Waals surface area contributed by atoms with Crippen molar-refractivity contribution in [3.05, 3.63) is 15.8 Å². The molecule has 20 heavy (non-hydrogen) atoms. The summed E-state index contributed by atoms with van der Waals surface area (Å²) in [5.41, 5.74) is 0. The van der Waals surface area contributed by atoms with Crippen LogP contribution in [0.15, 0.2) is 11.0 Å². The number of hydrogen-bond donors (Lipinski definition) is 0. The fraction of sp³-hybridized carbons (Fsp3) is 0.583. The molecule has 114 valence electrons. The van der Waals surface area contributed by atoms with Gasteiger partial charge in [0.25, 0.3) is 9.05 Å². The number of carbonyl (C=O) groups excluding carboxylic acids is 1. The molecule has 1 aromatic rings. The van der Waals surface area contributed by atoms with Crippen LogP contribution in [0.5, 0.6) is 0 Å². The quantitative estimate of drug-likeness (QED) is 0.433. The first-order chi connectivity index (χ1) is 9.21. The molecule has 0 N–H and O–H groups in total. The largest absolute Gasteiger partial charge is 0.459 e. The maximum Gasteiger partial charge on any atom is 0.348 e. The van der Waals surface area contributed by atoms with Crippen LogP contribution in [0.2, 0.25) is 0 Å². The molecule has 0 saturated carbocycles. The molecule has 0 spiro atoms. The van der Waals surface area contributed by atoms with E-state index in [1.807, 2.05) is 13.8 Å². The molecule has 0 aliphatic rings. The van der Waals surface area contributed by atoms with Crippen LogP contribution < -0.4 is 0 Å². The van der Waals surface area contributed by atoms with Crippen LogP contribution in [-0.2, 0) is 18.5 Å². The summed E-state index contributed by atoms with van der Waals surface area (Å²) in [6.07, 6.45) is 0. The van der Waals surface area contributed by atoms with Crippen LogP contribution >= 0.6 is 22.0 Å². The maximum atomic E-state index is 11.7. The molecular formula is C12H17ClO5S2. The monoisotopic (exact) mass is 340 g/mol. The van der Waals surface area contributed by atoms with Crippen LogP contribution in [0.1, 0.15) is 28.4 Å². The molecule has 0 radical (unpaired) electrons. The Bertz CT molecular complexity index is 562. The number of hydrogen-bond acceptors (Lipinski definition) is 6. The van der Waals surface area contributed by atoms with Crippen molar-refractivity contribution in [1.82, 2.24) is 0 Å². The topological polar surface area (TPSA) is 69.7 Å². The third-order valence-electron chi connectivity index (χ3n) is 2.25. The third-order valence-corrected chi connectivity index (χ3v) is 4.86. The van der Waals surface area contributed by atoms with Gasteiger partial charge in [-0.15, -0.1) is 11.3 Å². The van der Waals surface area contributed by atoms with Gasteiger partial charge in [-0.3, -0.25) is 0 Å². The van der Waals surface area contributed by atoms with Crippen molar-refractivity contribution in [2.45, 2.75) is 25.7 Å². The lowest BCUT2D eigenvalue weighted by atomic mass is 10.2. The number of rotatable bonds is 7. The van der Waals surface area contributed by atoms with E-state index in [4.69, 9.17) is 20.2 Å². The number of carbonyl (C=O) groups is 1. The van der Waals surface area contributed by atoms with Crippen LogP contribution in [0.25, 0.3) is 0 Å². The van der Waals surface area contributed by atoms with Crippen molar-refractivity contribution in [1.29, 1.82) is 0 Å². The van der Waals surface area contributed by atoms with Crippen molar-refractivity contribution in [2.75, 3.05) is 19.8 Å². The van der Waals surface area contributed by atoms with Crippen LogP contribution in [0.3, 0.4) is 0 Å². The Morgan fingerprint density at radius 1 is 1.40 bits per heavy atom. The highest BCUT2D eigenvalue weighted by Gasteiger charge is 2.21. The lowest BCUT2D eigenvalue weighted by Crippen LogP contribution is -2.12. The minimum atomic E-state index is -3.83. The Balaban J connectivity index is 2.53. The summed E-state index contributed by atoms with van der Waals surface area (Å²) in [6, 6.07) is 1.24. The van der Waals surface area contributed by atoms with Crippen molar-refractivity contribution < 1.29 is 22.7 Å². The average Bonchev–Trinajstić information content (AvgIpc) is 2.70. The van der Waals surface area contributed by atoms with Crippen LogP contribution in [0.4, 0.5) is 0 Å². The molecule has 1 aromatic heterocycles. The Kier molecular flexibility index (Phi) is 6.44. The molecule has 0 bridgehead atoms. The van der Waals surface area contributed by atoms with E-state index in [1.165, 1.54) is 6.07 Å². The summed E-state index contributed by atoms with van der Waals surface area (Å²) < 4.78 is 32.8. The highest BCUT2D eigenvalue weighted by Crippen LogP contribution is 2.28. The summed E-state index contributed by atoms with van der Waals surface area (Å²) in [7, 11) is 1.43. The molecule has 0 fully saturated rings. The third kappa shape index (κ3) is 5.40. The van der Waals surface area contributed by atoms with E-state index in [0.717, 1.165) is 11.3 Å². The Morgan fingerprint density at radius 2 is 2.05 bits per heavy atom. The minimum absolute atomic E-state index is 0.0489. The first kappa shape index (κ1) is 17.4. The van der Waals surface area contributed by atoms with Gasteiger partial charge in [0, 0.05) is 22.2 Å². The molecule has 0 aromatic carbocycles. The van der Waals surface area contributed by atoms with E-state index < -0.39 is 15.0 Å². The van der Waals surface area contributed by atoms with Crippen molar-refractivity contribution in [2.24, 2.45) is 5.92 Å². The van der Waals surface area contributed by atoms with Gasteiger partial charge in [0.05, 0.1) is 11.5 Å². The van der Waals surface area contributed by atoms with E-state index in [-0.39, 0.29) is 16.4 Å². The molecule has 1 rings (SSSR count). The van der Waals surface area contributed by atoms with Crippen LogP contribution in [0, 0.1) is 12.8 Å². The van der Waals surface area contributed by atoms with E-state index in [9.17, 15) is 13.2 Å². The van der Waals surface area contributed by atoms with E-state index >= 15 is 0 Å². The van der Waals surface area contributed by atoms with Gasteiger partial charge in [-0.05, 0) is 18.9 Å². The first-order valence-electron chi connectivity index (χ1n) is 6.01. The number of ether oxygens (including phenoxy) is 2. The predicted octanol–water partition coefficient (Wildman–Crippen LogP) is 2.81. The molecule has 0 unspecified atom stereocenters. The normalized spacial score (nSPS) is 11.8. The summed E-state index contributed by atoms with van der Waals surface area (Å²) >= 11 is 1.04. The molecular weight excluding hydrogens is 324 g/mol. The highest BCUT2D eigenvalue weighted by atomic mass is 35.7. The van der Waals surface area contributed by atoms with Gasteiger partial charge in [0.15, 0.2) is 0 Å². The molecule has 0 atom stereocenters. The number of esters is 1. The lowest BCUT2D eigenvalue weighted by molar-refractivity contribution is 0.0282. The minimum Gasteiger partial charge on any atom is -0.459 e. The summed E-state index contributed by atoms with van der Waals surface area (Å²) in [5.74, 6) is -0.153. The predicted molar refractivity (Wildman–Crippen MR) is 78.0 cm³/mol. The standard InChI is InChI=1S/C12H17ClO5S2/c1-8(2)7-17-4-5-18-12(14)10-6-11(9(3)19-10)20(13,15)16/h6,8H,4-5,7H2,1-3H3. The van der Waals surface area contributed by atoms with Crippen LogP contribution in [-0.4, -0.2) is 34.2 Å². The van der Waals surface area contributed by atoms with Gasteiger partial charge in [-0.1, -0.05) is 13.8 Å². The Morgan fingerprint density at radius 3 is 2.55 bits per heavy atom. The van der Waals surface area contributed by atoms with E-state index in [1.54, 1.807) is 6.92 Å². The fourth-order valence-electron chi connectivity index (χ4n) is 1.39. The van der Waals surface area contributed by atoms with Crippen molar-refractivity contribution >= 4 is 37.0 Å². The zero-order valence-electron chi connectivity index (χ0n) is 11.5. The second kappa shape index (κ2) is 7.40. The fourth-order valence-corrected chi connectivity index (χ4v) is 3.95. The van der Waals surface area contributed by atoms with Crippen molar-refractivity contribution in [3.63, 3.8) is 0 Å². The van der Waals surface area contributed by atoms with Gasteiger partial charge in [0.1, 0.15) is 11.5 Å². The second-order valence-corrected chi connectivity index (χ2v) is 8.36. The number of thiophene rings is 1. The van der Waals surface area contributed by atoms with Gasteiger partial charge in [-0.2, -0.15) is 0 Å². The zero-order valence-corrected chi connectivity index (χ0v) is 13.9. The van der Waals surface area contributed by atoms with E-state index in [0.29, 0.717) is 24.0 Å². The molecule has 8 heteroatoms. The molecule has 1 heterocycles. The Labute approximate surface area is 127 Å². The lowest BCUT2D eigenvalue weighted by Gasteiger charge is -2.06. The van der Waals surface area contributed by atoms with Gasteiger partial charge < -0.3 is 9.47 Å². The molecule has 0 saturated heterocycles. The zero-order chi connectivity index (χ0) is 15.3. The molecule has 0 aliphatic carbocycles. The number of halogens is 1. The summed E-state index contributed by atoms with van der Waals surface area (Å²) in [4.78, 5) is 12.4. The first-order valence-corrected chi connectivity index (χ1v) is 9.14. The molecule has 0 amide bonds. The van der Waals surface area contributed by atoms with Gasteiger partial charge >= 0.3 is 5.97 Å². The molecule has 0 aliphatic heterocycles. The maximum absolute atomic E-state index is 11.7. The SMILES string of the molecule is Cc1sc(C(=O)OCCOCC(C)C)cc1S(=O)(=O)Cl. The smallest absolute Gasteiger partial charge is 0.348 e. The van der Waals surface area contributed by atoms with Gasteiger partial charge in [0.2, 0.25) is 0 Å². The second-order valence-electron chi connectivity index (χ2n) is 4.57. The Hall–Kier alpha value is -0.630. The number of aryl methyl sites for hydroxylation is 1. The summed E-state index contributed by atoms with van der Waals surface area (Å²) in [6.45, 7) is 6.68. The van der Waals surface area contributed by atoms with Gasteiger partial charge in [-0.25, -0.2) is 13.2 Å². The highest BCUT2D eigenvalue weighted by molar-refractivity contribution is 8.13. The molecule has 5 nitrogen and oxygen atoms in total. The van der Waals surface area contributed by atoms with E-state index in [2.05, 4.69) is 0 Å². The average molecular weight is 341 g/mol.